The van der Waals surface area contributed by atoms with Crippen molar-refractivity contribution in [2.75, 3.05) is 19.0 Å². The molecule has 23 heavy (non-hydrogen) atoms. The molecule has 0 radical (unpaired) electrons. The van der Waals surface area contributed by atoms with E-state index in [2.05, 4.69) is 5.09 Å². The Labute approximate surface area is 141 Å². The first-order valence-corrected chi connectivity index (χ1v) is 10.2. The summed E-state index contributed by atoms with van der Waals surface area (Å²) in [5.74, 6) is 0. The van der Waals surface area contributed by atoms with Crippen LogP contribution < -0.4 is 15.3 Å². The van der Waals surface area contributed by atoms with Gasteiger partial charge < -0.3 is 9.42 Å². The predicted octanol–water partition coefficient (Wildman–Crippen LogP) is 4.31. The molecule has 2 rings (SSSR count). The van der Waals surface area contributed by atoms with Crippen LogP contribution in [-0.2, 0) is 9.09 Å². The quantitative estimate of drug-likeness (QED) is 0.813. The Morgan fingerprint density at radius 3 is 2.13 bits per heavy atom. The zero-order valence-electron chi connectivity index (χ0n) is 15.1. The van der Waals surface area contributed by atoms with Gasteiger partial charge in [-0.05, 0) is 57.9 Å². The highest BCUT2D eigenvalue weighted by Crippen LogP contribution is 2.47. The molecule has 1 fully saturated rings. The van der Waals surface area contributed by atoms with Crippen molar-refractivity contribution in [2.45, 2.75) is 64.5 Å². The van der Waals surface area contributed by atoms with Gasteiger partial charge in [-0.1, -0.05) is 19.3 Å². The van der Waals surface area contributed by atoms with Gasteiger partial charge in [-0.25, -0.2) is 5.09 Å². The smallest absolute Gasteiger partial charge is 0.300 e. The summed E-state index contributed by atoms with van der Waals surface area (Å²) in [7, 11) is 0.921. The molecule has 0 heterocycles. The van der Waals surface area contributed by atoms with Crippen LogP contribution in [0.2, 0.25) is 0 Å². The monoisotopic (exact) mass is 338 g/mol. The largest absolute Gasteiger partial charge is 0.378 e. The molecule has 1 saturated carbocycles. The van der Waals surface area contributed by atoms with Crippen LogP contribution >= 0.6 is 7.52 Å². The Kier molecular flexibility index (Phi) is 5.94. The molecule has 1 aliphatic rings. The zero-order chi connectivity index (χ0) is 17.1. The van der Waals surface area contributed by atoms with Crippen LogP contribution in [0.3, 0.4) is 0 Å². The Balaban J connectivity index is 2.26. The van der Waals surface area contributed by atoms with E-state index in [9.17, 15) is 4.57 Å². The van der Waals surface area contributed by atoms with Crippen molar-refractivity contribution in [3.63, 3.8) is 0 Å². The Hall–Kier alpha value is -0.830. The van der Waals surface area contributed by atoms with Crippen molar-refractivity contribution >= 4 is 18.5 Å². The minimum Gasteiger partial charge on any atom is -0.378 e. The highest BCUT2D eigenvalue weighted by molar-refractivity contribution is 7.65. The van der Waals surface area contributed by atoms with E-state index in [1.54, 1.807) is 0 Å². The maximum Gasteiger partial charge on any atom is 0.300 e. The molecule has 1 aliphatic carbocycles. The van der Waals surface area contributed by atoms with Gasteiger partial charge in [0.25, 0.3) is 7.52 Å². The zero-order valence-corrected chi connectivity index (χ0v) is 16.0. The summed E-state index contributed by atoms with van der Waals surface area (Å²) in [6, 6.07) is 7.85. The minimum absolute atomic E-state index is 0.0953. The average Bonchev–Trinajstić information content (AvgIpc) is 2.46. The number of rotatable bonds is 5. The van der Waals surface area contributed by atoms with Gasteiger partial charge in [-0.3, -0.25) is 4.57 Å². The summed E-state index contributed by atoms with van der Waals surface area (Å²) in [5, 5.41) is 4.02. The lowest BCUT2D eigenvalue weighted by Crippen LogP contribution is -2.38. The van der Waals surface area contributed by atoms with Gasteiger partial charge in [0.15, 0.2) is 0 Å². The van der Waals surface area contributed by atoms with Gasteiger partial charge >= 0.3 is 0 Å². The van der Waals surface area contributed by atoms with Crippen LogP contribution in [0.4, 0.5) is 5.69 Å². The molecule has 1 atom stereocenters. The highest BCUT2D eigenvalue weighted by atomic mass is 31.2. The molecular weight excluding hydrogens is 307 g/mol. The Morgan fingerprint density at radius 1 is 1.09 bits per heavy atom. The summed E-state index contributed by atoms with van der Waals surface area (Å²) in [6.07, 6.45) is 5.70. The van der Waals surface area contributed by atoms with Crippen molar-refractivity contribution in [1.82, 2.24) is 5.09 Å². The summed E-state index contributed by atoms with van der Waals surface area (Å²) in [6.45, 7) is 6.08. The van der Waals surface area contributed by atoms with Gasteiger partial charge in [0.2, 0.25) is 0 Å². The second kappa shape index (κ2) is 7.38. The van der Waals surface area contributed by atoms with Crippen LogP contribution in [0.1, 0.15) is 52.9 Å². The molecule has 0 amide bonds. The van der Waals surface area contributed by atoms with E-state index < -0.39 is 7.52 Å². The van der Waals surface area contributed by atoms with E-state index in [1.807, 2.05) is 64.0 Å². The number of nitrogens with one attached hydrogen (secondary N) is 1. The van der Waals surface area contributed by atoms with Crippen LogP contribution in [0.5, 0.6) is 0 Å². The van der Waals surface area contributed by atoms with Gasteiger partial charge in [-0.2, -0.15) is 0 Å². The molecule has 0 aliphatic heterocycles. The molecule has 1 unspecified atom stereocenters. The first-order valence-electron chi connectivity index (χ1n) is 8.55. The predicted molar refractivity (Wildman–Crippen MR) is 98.9 cm³/mol. The standard InChI is InChI=1S/C18H31N2O2P/c1-18(2,3)19-23(21,22-16-9-7-6-8-10-16)17-13-11-15(12-14-17)20(4)5/h11-14,16H,6-10H2,1-5H3,(H,19,21). The molecule has 1 aromatic carbocycles. The van der Waals surface area contributed by atoms with Crippen LogP contribution in [0, 0.1) is 0 Å². The van der Waals surface area contributed by atoms with E-state index in [4.69, 9.17) is 4.52 Å². The molecule has 5 heteroatoms. The van der Waals surface area contributed by atoms with Crippen molar-refractivity contribution in [3.05, 3.63) is 24.3 Å². The molecule has 0 spiro atoms. The molecule has 4 nitrogen and oxygen atoms in total. The molecule has 1 aromatic rings. The van der Waals surface area contributed by atoms with Crippen molar-refractivity contribution in [3.8, 4) is 0 Å². The SMILES string of the molecule is CN(C)c1ccc(P(=O)(NC(C)(C)C)OC2CCCCC2)cc1. The third-order valence-corrected chi connectivity index (χ3v) is 6.58. The van der Waals surface area contributed by atoms with Gasteiger partial charge in [-0.15, -0.1) is 0 Å². The number of benzene rings is 1. The number of anilines is 1. The third-order valence-electron chi connectivity index (χ3n) is 4.04. The number of hydrogen-bond acceptors (Lipinski definition) is 3. The number of hydrogen-bond donors (Lipinski definition) is 1. The van der Waals surface area contributed by atoms with Gasteiger partial charge in [0.1, 0.15) is 0 Å². The second-order valence-electron chi connectivity index (χ2n) is 7.69. The molecule has 130 valence electrons. The normalized spacial score (nSPS) is 19.3. The molecule has 0 bridgehead atoms. The molecule has 1 N–H and O–H groups in total. The van der Waals surface area contributed by atoms with Crippen LogP contribution in [0.15, 0.2) is 24.3 Å². The third kappa shape index (κ3) is 5.34. The van der Waals surface area contributed by atoms with Crippen LogP contribution in [-0.4, -0.2) is 25.7 Å². The van der Waals surface area contributed by atoms with Crippen molar-refractivity contribution in [2.24, 2.45) is 0 Å². The lowest BCUT2D eigenvalue weighted by molar-refractivity contribution is 0.155. The topological polar surface area (TPSA) is 41.6 Å². The average molecular weight is 338 g/mol. The van der Waals surface area contributed by atoms with Crippen LogP contribution in [0.25, 0.3) is 0 Å². The molecule has 0 saturated heterocycles. The Morgan fingerprint density at radius 2 is 1.65 bits per heavy atom. The summed E-state index contributed by atoms with van der Waals surface area (Å²) in [5.41, 5.74) is 0.818. The summed E-state index contributed by atoms with van der Waals surface area (Å²) in [4.78, 5) is 2.04. The van der Waals surface area contributed by atoms with Crippen molar-refractivity contribution < 1.29 is 9.09 Å². The molecule has 0 aromatic heterocycles. The van der Waals surface area contributed by atoms with Gasteiger partial charge in [0, 0.05) is 25.3 Å². The minimum atomic E-state index is -3.08. The maximum atomic E-state index is 13.6. The van der Waals surface area contributed by atoms with E-state index in [1.165, 1.54) is 19.3 Å². The van der Waals surface area contributed by atoms with E-state index >= 15 is 0 Å². The van der Waals surface area contributed by atoms with Gasteiger partial charge in [0.05, 0.1) is 11.4 Å². The fourth-order valence-corrected chi connectivity index (χ4v) is 5.28. The first-order chi connectivity index (χ1) is 10.7. The summed E-state index contributed by atoms with van der Waals surface area (Å²) >= 11 is 0. The second-order valence-corrected chi connectivity index (χ2v) is 9.74. The molecular formula is C18H31N2O2P. The van der Waals surface area contributed by atoms with E-state index in [-0.39, 0.29) is 11.6 Å². The summed E-state index contributed by atoms with van der Waals surface area (Å²) < 4.78 is 19.8. The fourth-order valence-electron chi connectivity index (χ4n) is 2.92. The highest BCUT2D eigenvalue weighted by Gasteiger charge is 2.34. The van der Waals surface area contributed by atoms with Crippen molar-refractivity contribution in [1.29, 1.82) is 0 Å². The first kappa shape index (κ1) is 18.5. The van der Waals surface area contributed by atoms with E-state index in [0.29, 0.717) is 0 Å². The maximum absolute atomic E-state index is 13.6. The number of nitrogens with zero attached hydrogens (tertiary/aromatic N) is 1. The lowest BCUT2D eigenvalue weighted by atomic mass is 9.98. The fraction of sp³-hybridized carbons (Fsp3) is 0.667. The van der Waals surface area contributed by atoms with E-state index in [0.717, 1.165) is 23.8 Å². The lowest BCUT2D eigenvalue weighted by Gasteiger charge is -2.33. The Bertz CT molecular complexity index is 543.